The molecule has 0 radical (unpaired) electrons. The molecule has 1 aromatic carbocycles. The van der Waals surface area contributed by atoms with Gasteiger partial charge in [0.15, 0.2) is 0 Å². The third-order valence-corrected chi connectivity index (χ3v) is 2.68. The molecular weight excluding hydrogens is 246 g/mol. The minimum absolute atomic E-state index is 0.0159. The topological polar surface area (TPSA) is 91.3 Å². The lowest BCUT2D eigenvalue weighted by Gasteiger charge is -2.09. The number of hydrogen-bond donors (Lipinski definition) is 1. The third kappa shape index (κ3) is 2.62. The minimum Gasteiger partial charge on any atom is -0.433 e. The van der Waals surface area contributed by atoms with E-state index in [1.54, 1.807) is 31.2 Å². The van der Waals surface area contributed by atoms with Crippen molar-refractivity contribution in [1.29, 1.82) is 0 Å². The number of ether oxygens (including phenoxy) is 1. The highest BCUT2D eigenvalue weighted by atomic mass is 16.6. The average Bonchev–Trinajstić information content (AvgIpc) is 2.32. The Balaban J connectivity index is 2.44. The molecule has 0 amide bonds. The average molecular weight is 259 g/mol. The van der Waals surface area contributed by atoms with Crippen molar-refractivity contribution in [3.05, 3.63) is 51.7 Å². The molecule has 1 heterocycles. The highest BCUT2D eigenvalue weighted by Crippen LogP contribution is 2.33. The van der Waals surface area contributed by atoms with E-state index in [1.807, 2.05) is 6.92 Å². The van der Waals surface area contributed by atoms with Crippen molar-refractivity contribution in [1.82, 2.24) is 4.98 Å². The van der Waals surface area contributed by atoms with Crippen LogP contribution >= 0.6 is 0 Å². The van der Waals surface area contributed by atoms with Crippen LogP contribution in [-0.4, -0.2) is 9.91 Å². The number of aromatic nitrogens is 1. The summed E-state index contributed by atoms with van der Waals surface area (Å²) in [7, 11) is 0. The Morgan fingerprint density at radius 3 is 2.63 bits per heavy atom. The third-order valence-electron chi connectivity index (χ3n) is 2.68. The number of nitrogen functional groups attached to an aromatic ring is 1. The predicted octanol–water partition coefficient (Wildman–Crippen LogP) is 2.98. The molecule has 0 spiro atoms. The Morgan fingerprint density at radius 2 is 2.00 bits per heavy atom. The summed E-state index contributed by atoms with van der Waals surface area (Å²) < 4.78 is 5.53. The normalized spacial score (nSPS) is 10.2. The van der Waals surface area contributed by atoms with Gasteiger partial charge in [-0.25, -0.2) is 4.98 Å². The van der Waals surface area contributed by atoms with Gasteiger partial charge in [0.05, 0.1) is 4.92 Å². The fraction of sp³-hybridized carbons (Fsp3) is 0.154. The second kappa shape index (κ2) is 4.93. The van der Waals surface area contributed by atoms with Gasteiger partial charge in [0.2, 0.25) is 0 Å². The molecule has 0 aliphatic carbocycles. The zero-order valence-corrected chi connectivity index (χ0v) is 10.6. The number of nitrogens with zero attached hydrogens (tertiary/aromatic N) is 2. The minimum atomic E-state index is -0.496. The van der Waals surface area contributed by atoms with Crippen LogP contribution in [0.5, 0.6) is 11.6 Å². The molecule has 0 fully saturated rings. The second-order valence-corrected chi connectivity index (χ2v) is 4.17. The van der Waals surface area contributed by atoms with Gasteiger partial charge in [-0.2, -0.15) is 0 Å². The maximum absolute atomic E-state index is 11.0. The van der Waals surface area contributed by atoms with Gasteiger partial charge >= 0.3 is 5.69 Å². The van der Waals surface area contributed by atoms with Crippen molar-refractivity contribution < 1.29 is 9.66 Å². The number of aryl methyl sites for hydroxylation is 2. The van der Waals surface area contributed by atoms with Crippen molar-refractivity contribution in [3.8, 4) is 11.6 Å². The van der Waals surface area contributed by atoms with Crippen LogP contribution in [0, 0.1) is 24.0 Å². The lowest BCUT2D eigenvalue weighted by molar-refractivity contribution is -0.386. The van der Waals surface area contributed by atoms with E-state index in [0.29, 0.717) is 17.0 Å². The zero-order valence-electron chi connectivity index (χ0n) is 10.6. The summed E-state index contributed by atoms with van der Waals surface area (Å²) >= 11 is 0. The van der Waals surface area contributed by atoms with Crippen LogP contribution in [0.1, 0.15) is 11.1 Å². The van der Waals surface area contributed by atoms with Crippen molar-refractivity contribution in [2.24, 2.45) is 0 Å². The van der Waals surface area contributed by atoms with E-state index < -0.39 is 4.92 Å². The SMILES string of the molecule is Cc1cc(N)ccc1Oc1nccc(C)c1[N+](=O)[O-]. The van der Waals surface area contributed by atoms with Crippen LogP contribution in [-0.2, 0) is 0 Å². The molecule has 19 heavy (non-hydrogen) atoms. The monoisotopic (exact) mass is 259 g/mol. The first-order chi connectivity index (χ1) is 8.99. The molecule has 0 atom stereocenters. The van der Waals surface area contributed by atoms with Crippen molar-refractivity contribution in [3.63, 3.8) is 0 Å². The lowest BCUT2D eigenvalue weighted by Crippen LogP contribution is -1.99. The van der Waals surface area contributed by atoms with Crippen molar-refractivity contribution in [2.75, 3.05) is 5.73 Å². The molecule has 2 N–H and O–H groups in total. The summed E-state index contributed by atoms with van der Waals surface area (Å²) in [5.41, 5.74) is 7.42. The number of anilines is 1. The standard InChI is InChI=1S/C13H13N3O3/c1-8-5-6-15-13(12(8)16(17)18)19-11-4-3-10(14)7-9(11)2/h3-7H,14H2,1-2H3. The van der Waals surface area contributed by atoms with E-state index in [1.165, 1.54) is 6.20 Å². The molecule has 2 rings (SSSR count). The number of hydrogen-bond acceptors (Lipinski definition) is 5. The van der Waals surface area contributed by atoms with E-state index in [9.17, 15) is 10.1 Å². The highest BCUT2D eigenvalue weighted by molar-refractivity contribution is 5.52. The van der Waals surface area contributed by atoms with Gasteiger partial charge in [-0.1, -0.05) is 0 Å². The molecule has 0 bridgehead atoms. The largest absolute Gasteiger partial charge is 0.433 e. The Hall–Kier alpha value is -2.63. The first kappa shape index (κ1) is 12.8. The van der Waals surface area contributed by atoms with Crippen molar-refractivity contribution in [2.45, 2.75) is 13.8 Å². The first-order valence-electron chi connectivity index (χ1n) is 5.63. The first-order valence-corrected chi connectivity index (χ1v) is 5.63. The van der Waals surface area contributed by atoms with E-state index in [-0.39, 0.29) is 11.6 Å². The summed E-state index contributed by atoms with van der Waals surface area (Å²) in [5.74, 6) is 0.480. The zero-order chi connectivity index (χ0) is 14.0. The van der Waals surface area contributed by atoms with Crippen LogP contribution in [0.4, 0.5) is 11.4 Å². The second-order valence-electron chi connectivity index (χ2n) is 4.17. The van der Waals surface area contributed by atoms with Crippen LogP contribution < -0.4 is 10.5 Å². The Labute approximate surface area is 110 Å². The molecule has 0 unspecified atom stereocenters. The van der Waals surface area contributed by atoms with Gasteiger partial charge < -0.3 is 10.5 Å². The maximum Gasteiger partial charge on any atom is 0.334 e. The Bertz CT molecular complexity index is 641. The molecule has 0 saturated heterocycles. The van der Waals surface area contributed by atoms with E-state index >= 15 is 0 Å². The fourth-order valence-electron chi connectivity index (χ4n) is 1.71. The van der Waals surface area contributed by atoms with Crippen LogP contribution in [0.3, 0.4) is 0 Å². The smallest absolute Gasteiger partial charge is 0.334 e. The van der Waals surface area contributed by atoms with E-state index in [0.717, 1.165) is 5.56 Å². The summed E-state index contributed by atoms with van der Waals surface area (Å²) in [6.07, 6.45) is 1.48. The lowest BCUT2D eigenvalue weighted by atomic mass is 10.2. The number of benzene rings is 1. The quantitative estimate of drug-likeness (QED) is 0.519. The van der Waals surface area contributed by atoms with Crippen LogP contribution in [0.15, 0.2) is 30.5 Å². The molecular formula is C13H13N3O3. The van der Waals surface area contributed by atoms with E-state index in [4.69, 9.17) is 10.5 Å². The number of nitro groups is 1. The molecule has 0 aliphatic rings. The molecule has 1 aromatic heterocycles. The molecule has 2 aromatic rings. The molecule has 0 saturated carbocycles. The van der Waals surface area contributed by atoms with Gasteiger partial charge in [-0.05, 0) is 43.7 Å². The molecule has 98 valence electrons. The number of rotatable bonds is 3. The molecule has 6 nitrogen and oxygen atoms in total. The van der Waals surface area contributed by atoms with Gasteiger partial charge in [-0.15, -0.1) is 0 Å². The van der Waals surface area contributed by atoms with Crippen LogP contribution in [0.25, 0.3) is 0 Å². The predicted molar refractivity (Wildman–Crippen MR) is 71.3 cm³/mol. The van der Waals surface area contributed by atoms with Gasteiger partial charge in [0.25, 0.3) is 5.88 Å². The molecule has 6 heteroatoms. The summed E-state index contributed by atoms with van der Waals surface area (Å²) in [6, 6.07) is 6.64. The van der Waals surface area contributed by atoms with Gasteiger partial charge in [0.1, 0.15) is 5.75 Å². The fourth-order valence-corrected chi connectivity index (χ4v) is 1.71. The summed E-state index contributed by atoms with van der Waals surface area (Å²) in [6.45, 7) is 3.45. The Kier molecular flexibility index (Phi) is 3.33. The van der Waals surface area contributed by atoms with E-state index in [2.05, 4.69) is 4.98 Å². The Morgan fingerprint density at radius 1 is 1.26 bits per heavy atom. The van der Waals surface area contributed by atoms with Crippen molar-refractivity contribution >= 4 is 11.4 Å². The van der Waals surface area contributed by atoms with Gasteiger partial charge in [0, 0.05) is 17.4 Å². The molecule has 0 aliphatic heterocycles. The summed E-state index contributed by atoms with van der Waals surface area (Å²) in [5, 5.41) is 11.0. The number of nitrogens with two attached hydrogens (primary N) is 1. The number of pyridine rings is 1. The van der Waals surface area contributed by atoms with Gasteiger partial charge in [-0.3, -0.25) is 10.1 Å². The highest BCUT2D eigenvalue weighted by Gasteiger charge is 2.21. The van der Waals surface area contributed by atoms with Crippen LogP contribution in [0.2, 0.25) is 0 Å². The maximum atomic E-state index is 11.0. The summed E-state index contributed by atoms with van der Waals surface area (Å²) in [4.78, 5) is 14.5.